The zero-order valence-corrected chi connectivity index (χ0v) is 12.2. The molecule has 6 nitrogen and oxygen atoms in total. The van der Waals surface area contributed by atoms with Gasteiger partial charge in [-0.1, -0.05) is 6.07 Å². The van der Waals surface area contributed by atoms with Crippen molar-refractivity contribution >= 4 is 16.0 Å². The standard InChI is InChI=1S/C14H17NO5S/c16-12-7-10-4-5-11(8-12)15(10)21(19,20)13-3-1-2-9(6-13)14(17)18/h1-3,6,10-12,16H,4-5,7-8H2,(H,17,18). The molecule has 7 heteroatoms. The van der Waals surface area contributed by atoms with Crippen molar-refractivity contribution in [2.45, 2.75) is 48.8 Å². The Morgan fingerprint density at radius 2 is 1.81 bits per heavy atom. The summed E-state index contributed by atoms with van der Waals surface area (Å²) in [5, 5.41) is 18.8. The van der Waals surface area contributed by atoms with E-state index in [-0.39, 0.29) is 22.5 Å². The van der Waals surface area contributed by atoms with Crippen LogP contribution in [0.3, 0.4) is 0 Å². The van der Waals surface area contributed by atoms with Crippen LogP contribution in [0.15, 0.2) is 29.2 Å². The van der Waals surface area contributed by atoms with Crippen LogP contribution in [0.2, 0.25) is 0 Å². The maximum atomic E-state index is 12.8. The van der Waals surface area contributed by atoms with Crippen LogP contribution in [-0.2, 0) is 10.0 Å². The normalized spacial score (nSPS) is 29.5. The molecule has 3 rings (SSSR count). The predicted molar refractivity (Wildman–Crippen MR) is 74.5 cm³/mol. The van der Waals surface area contributed by atoms with Gasteiger partial charge in [-0.3, -0.25) is 0 Å². The highest BCUT2D eigenvalue weighted by atomic mass is 32.2. The van der Waals surface area contributed by atoms with Gasteiger partial charge in [0.1, 0.15) is 0 Å². The van der Waals surface area contributed by atoms with Gasteiger partial charge >= 0.3 is 5.97 Å². The van der Waals surface area contributed by atoms with E-state index >= 15 is 0 Å². The van der Waals surface area contributed by atoms with E-state index in [1.165, 1.54) is 28.6 Å². The van der Waals surface area contributed by atoms with E-state index in [1.54, 1.807) is 0 Å². The first-order valence-corrected chi connectivity index (χ1v) is 8.38. The maximum absolute atomic E-state index is 12.8. The molecule has 2 saturated heterocycles. The molecule has 2 aliphatic heterocycles. The average molecular weight is 311 g/mol. The van der Waals surface area contributed by atoms with E-state index in [4.69, 9.17) is 5.11 Å². The number of benzene rings is 1. The van der Waals surface area contributed by atoms with Gasteiger partial charge in [-0.05, 0) is 43.9 Å². The van der Waals surface area contributed by atoms with Crippen LogP contribution in [0.25, 0.3) is 0 Å². The number of aromatic carboxylic acids is 1. The molecule has 0 aliphatic carbocycles. The third-order valence-electron chi connectivity index (χ3n) is 4.30. The predicted octanol–water partition coefficient (Wildman–Crippen LogP) is 1.06. The molecule has 114 valence electrons. The maximum Gasteiger partial charge on any atom is 0.335 e. The van der Waals surface area contributed by atoms with Gasteiger partial charge < -0.3 is 10.2 Å². The Labute approximate surface area is 123 Å². The Morgan fingerprint density at radius 1 is 1.19 bits per heavy atom. The number of fused-ring (bicyclic) bond motifs is 2. The number of carboxylic acid groups (broad SMARTS) is 1. The first kappa shape index (κ1) is 14.5. The van der Waals surface area contributed by atoms with Crippen molar-refractivity contribution < 1.29 is 23.4 Å². The second-order valence-electron chi connectivity index (χ2n) is 5.68. The number of rotatable bonds is 3. The third-order valence-corrected chi connectivity index (χ3v) is 6.30. The number of hydrogen-bond donors (Lipinski definition) is 2. The highest BCUT2D eigenvalue weighted by Crippen LogP contribution is 2.39. The van der Waals surface area contributed by atoms with Crippen LogP contribution in [0.1, 0.15) is 36.0 Å². The van der Waals surface area contributed by atoms with Gasteiger partial charge in [-0.25, -0.2) is 13.2 Å². The van der Waals surface area contributed by atoms with E-state index in [1.807, 2.05) is 0 Å². The van der Waals surface area contributed by atoms with E-state index in [2.05, 4.69) is 0 Å². The summed E-state index contributed by atoms with van der Waals surface area (Å²) in [5.41, 5.74) is -0.0412. The lowest BCUT2D eigenvalue weighted by Gasteiger charge is -2.36. The fourth-order valence-electron chi connectivity index (χ4n) is 3.41. The highest BCUT2D eigenvalue weighted by Gasteiger charge is 2.46. The molecule has 2 unspecified atom stereocenters. The van der Waals surface area contributed by atoms with E-state index in [0.717, 1.165) is 12.8 Å². The smallest absolute Gasteiger partial charge is 0.335 e. The minimum atomic E-state index is -3.72. The molecule has 2 bridgehead atoms. The van der Waals surface area contributed by atoms with Crippen LogP contribution in [0, 0.1) is 0 Å². The van der Waals surface area contributed by atoms with Crippen LogP contribution >= 0.6 is 0 Å². The molecule has 0 radical (unpaired) electrons. The lowest BCUT2D eigenvalue weighted by molar-refractivity contribution is 0.0696. The second kappa shape index (κ2) is 5.08. The summed E-state index contributed by atoms with van der Waals surface area (Å²) in [6.45, 7) is 0. The van der Waals surface area contributed by atoms with Crippen LogP contribution in [-0.4, -0.2) is 47.1 Å². The molecular weight excluding hydrogens is 294 g/mol. The molecule has 21 heavy (non-hydrogen) atoms. The summed E-state index contributed by atoms with van der Waals surface area (Å²) in [6.07, 6.45) is 1.96. The Hall–Kier alpha value is -1.44. The average Bonchev–Trinajstić information content (AvgIpc) is 2.72. The van der Waals surface area contributed by atoms with Crippen molar-refractivity contribution in [3.05, 3.63) is 29.8 Å². The van der Waals surface area contributed by atoms with Crippen LogP contribution < -0.4 is 0 Å². The van der Waals surface area contributed by atoms with Crippen LogP contribution in [0.4, 0.5) is 0 Å². The van der Waals surface area contributed by atoms with E-state index < -0.39 is 22.1 Å². The Bertz CT molecular complexity index is 658. The molecule has 2 heterocycles. The monoisotopic (exact) mass is 311 g/mol. The molecule has 0 saturated carbocycles. The number of hydrogen-bond acceptors (Lipinski definition) is 4. The Kier molecular flexibility index (Phi) is 3.51. The number of carbonyl (C=O) groups is 1. The van der Waals surface area contributed by atoms with Crippen molar-refractivity contribution in [3.63, 3.8) is 0 Å². The fourth-order valence-corrected chi connectivity index (χ4v) is 5.35. The largest absolute Gasteiger partial charge is 0.478 e. The Morgan fingerprint density at radius 3 is 2.38 bits per heavy atom. The van der Waals surface area contributed by atoms with Gasteiger partial charge in [0.25, 0.3) is 0 Å². The van der Waals surface area contributed by atoms with Crippen molar-refractivity contribution in [2.24, 2.45) is 0 Å². The molecule has 2 aliphatic rings. The van der Waals surface area contributed by atoms with Gasteiger partial charge in [-0.2, -0.15) is 4.31 Å². The summed E-state index contributed by atoms with van der Waals surface area (Å²) in [4.78, 5) is 11.0. The zero-order chi connectivity index (χ0) is 15.2. The van der Waals surface area contributed by atoms with Crippen LogP contribution in [0.5, 0.6) is 0 Å². The van der Waals surface area contributed by atoms with Gasteiger partial charge in [0.15, 0.2) is 0 Å². The summed E-state index contributed by atoms with van der Waals surface area (Å²) in [5.74, 6) is -1.15. The lowest BCUT2D eigenvalue weighted by Crippen LogP contribution is -2.47. The Balaban J connectivity index is 1.98. The zero-order valence-electron chi connectivity index (χ0n) is 11.3. The fraction of sp³-hybridized carbons (Fsp3) is 0.500. The summed E-state index contributed by atoms with van der Waals surface area (Å²) in [7, 11) is -3.72. The molecule has 0 amide bonds. The molecule has 0 spiro atoms. The van der Waals surface area contributed by atoms with Crippen molar-refractivity contribution in [3.8, 4) is 0 Å². The number of aliphatic hydroxyl groups excluding tert-OH is 1. The number of aliphatic hydroxyl groups is 1. The second-order valence-corrected chi connectivity index (χ2v) is 7.52. The molecule has 0 aromatic heterocycles. The summed E-state index contributed by atoms with van der Waals surface area (Å²) < 4.78 is 27.0. The minimum Gasteiger partial charge on any atom is -0.478 e. The van der Waals surface area contributed by atoms with Crippen molar-refractivity contribution in [1.29, 1.82) is 0 Å². The molecule has 2 fully saturated rings. The topological polar surface area (TPSA) is 94.9 Å². The summed E-state index contributed by atoms with van der Waals surface area (Å²) >= 11 is 0. The van der Waals surface area contributed by atoms with Gasteiger partial charge in [0.2, 0.25) is 10.0 Å². The molecule has 2 N–H and O–H groups in total. The van der Waals surface area contributed by atoms with E-state index in [0.29, 0.717) is 12.8 Å². The SMILES string of the molecule is O=C(O)c1cccc(S(=O)(=O)N2C3CCC2CC(O)C3)c1. The first-order chi connectivity index (χ1) is 9.89. The molecule has 1 aromatic carbocycles. The number of sulfonamides is 1. The molecule has 1 aromatic rings. The van der Waals surface area contributed by atoms with Crippen molar-refractivity contribution in [1.82, 2.24) is 4.31 Å². The summed E-state index contributed by atoms with van der Waals surface area (Å²) in [6, 6.07) is 5.07. The van der Waals surface area contributed by atoms with Gasteiger partial charge in [0, 0.05) is 12.1 Å². The van der Waals surface area contributed by atoms with Gasteiger partial charge in [-0.15, -0.1) is 0 Å². The van der Waals surface area contributed by atoms with Gasteiger partial charge in [0.05, 0.1) is 16.6 Å². The number of carboxylic acids is 1. The number of nitrogens with zero attached hydrogens (tertiary/aromatic N) is 1. The quantitative estimate of drug-likeness (QED) is 0.870. The van der Waals surface area contributed by atoms with E-state index in [9.17, 15) is 18.3 Å². The first-order valence-electron chi connectivity index (χ1n) is 6.94. The highest BCUT2D eigenvalue weighted by molar-refractivity contribution is 7.89. The third kappa shape index (κ3) is 2.45. The minimum absolute atomic E-state index is 0.00990. The van der Waals surface area contributed by atoms with Crippen molar-refractivity contribution in [2.75, 3.05) is 0 Å². The molecule has 2 atom stereocenters. The lowest BCUT2D eigenvalue weighted by atomic mass is 10.0. The number of piperidine rings is 1. The molecular formula is C14H17NO5S.